The summed E-state index contributed by atoms with van der Waals surface area (Å²) in [4.78, 5) is 23.6. The van der Waals surface area contributed by atoms with Gasteiger partial charge in [0.1, 0.15) is 12.1 Å². The number of aliphatic hydroxyl groups excluding tert-OH is 1. The van der Waals surface area contributed by atoms with Gasteiger partial charge in [0.05, 0.1) is 21.8 Å². The Morgan fingerprint density at radius 3 is 2.84 bits per heavy atom. The SMILES string of the molecule is Cc1sc(C(=O)c2cncnc2N[C@@H]2C[C@H](CNS(=O)(=O)O)[C@@H](O)C2)cc1[C@@H]1SCc2ccc(Cl)cc21. The maximum atomic E-state index is 13.6. The Morgan fingerprint density at radius 1 is 1.24 bits per heavy atom. The van der Waals surface area contributed by atoms with Gasteiger partial charge < -0.3 is 10.4 Å². The fourth-order valence-electron chi connectivity index (χ4n) is 4.92. The van der Waals surface area contributed by atoms with Crippen molar-refractivity contribution in [2.75, 3.05) is 11.9 Å². The van der Waals surface area contributed by atoms with Gasteiger partial charge in [0.15, 0.2) is 0 Å². The second kappa shape index (κ2) is 10.6. The number of thioether (sulfide) groups is 1. The molecule has 2 aromatic heterocycles. The summed E-state index contributed by atoms with van der Waals surface area (Å²) in [5.74, 6) is 0.674. The number of aromatic nitrogens is 2. The molecule has 4 atom stereocenters. The van der Waals surface area contributed by atoms with Crippen LogP contribution in [0.1, 0.15) is 54.9 Å². The van der Waals surface area contributed by atoms with Gasteiger partial charge in [0.25, 0.3) is 0 Å². The fourth-order valence-corrected chi connectivity index (χ4v) is 8.04. The van der Waals surface area contributed by atoms with Crippen molar-refractivity contribution in [2.24, 2.45) is 5.92 Å². The van der Waals surface area contributed by atoms with Crippen LogP contribution in [0.15, 0.2) is 36.8 Å². The molecule has 13 heteroatoms. The lowest BCUT2D eigenvalue weighted by atomic mass is 10.00. The lowest BCUT2D eigenvalue weighted by Crippen LogP contribution is -2.32. The third kappa shape index (κ3) is 5.85. The highest BCUT2D eigenvalue weighted by molar-refractivity contribution is 7.99. The van der Waals surface area contributed by atoms with Gasteiger partial charge in [0, 0.05) is 40.4 Å². The number of anilines is 1. The average molecular weight is 581 g/mol. The molecule has 3 heterocycles. The highest BCUT2D eigenvalue weighted by atomic mass is 35.5. The molecule has 9 nitrogen and oxygen atoms in total. The standard InChI is InChI=1S/C24H25ClN4O5S3/c1-12-17(23-18-5-15(25)3-2-13(18)10-35-23)7-21(36-12)22(31)19-9-26-11-27-24(19)29-16-4-14(20(30)6-16)8-28-37(32,33)34/h2-3,5,7,9,11,14,16,20,23,28,30H,4,6,8,10H2,1H3,(H,26,27,29)(H,32,33,34)/t14-,16-,20+,23+/m1/s1. The minimum absolute atomic E-state index is 0.0848. The second-order valence-corrected chi connectivity index (χ2v) is 13.3. The zero-order valence-electron chi connectivity index (χ0n) is 19.7. The predicted molar refractivity (Wildman–Crippen MR) is 145 cm³/mol. The number of fused-ring (bicyclic) bond motifs is 1. The van der Waals surface area contributed by atoms with Crippen LogP contribution in [0, 0.1) is 12.8 Å². The number of halogens is 1. The summed E-state index contributed by atoms with van der Waals surface area (Å²) in [6.07, 6.45) is 2.84. The number of rotatable bonds is 8. The summed E-state index contributed by atoms with van der Waals surface area (Å²) in [7, 11) is -4.34. The van der Waals surface area contributed by atoms with Crippen molar-refractivity contribution >= 4 is 56.6 Å². The molecule has 0 bridgehead atoms. The van der Waals surface area contributed by atoms with Crippen molar-refractivity contribution in [3.8, 4) is 0 Å². The Morgan fingerprint density at radius 2 is 2.05 bits per heavy atom. The third-order valence-electron chi connectivity index (χ3n) is 6.74. The summed E-state index contributed by atoms with van der Waals surface area (Å²) >= 11 is 9.51. The molecule has 1 aliphatic carbocycles. The molecule has 4 N–H and O–H groups in total. The predicted octanol–water partition coefficient (Wildman–Crippen LogP) is 4.01. The molecule has 0 unspecified atom stereocenters. The Kier molecular flexibility index (Phi) is 7.60. The van der Waals surface area contributed by atoms with E-state index in [1.807, 2.05) is 41.6 Å². The number of aryl methyl sites for hydroxylation is 1. The van der Waals surface area contributed by atoms with E-state index in [0.29, 0.717) is 34.1 Å². The number of aliphatic hydroxyl groups is 1. The van der Waals surface area contributed by atoms with E-state index in [4.69, 9.17) is 16.2 Å². The van der Waals surface area contributed by atoms with Crippen molar-refractivity contribution in [1.82, 2.24) is 14.7 Å². The monoisotopic (exact) mass is 580 g/mol. The molecule has 3 aromatic rings. The number of carbonyl (C=O) groups excluding carboxylic acids is 1. The molecule has 0 spiro atoms. The van der Waals surface area contributed by atoms with E-state index < -0.39 is 16.4 Å². The first-order chi connectivity index (χ1) is 17.6. The Hall–Kier alpha value is -2.06. The lowest BCUT2D eigenvalue weighted by molar-refractivity contribution is 0.104. The number of benzene rings is 1. The second-order valence-electron chi connectivity index (χ2n) is 9.23. The van der Waals surface area contributed by atoms with E-state index in [1.54, 1.807) is 0 Å². The van der Waals surface area contributed by atoms with E-state index in [-0.39, 0.29) is 29.5 Å². The van der Waals surface area contributed by atoms with Crippen LogP contribution in [0.2, 0.25) is 5.02 Å². The van der Waals surface area contributed by atoms with E-state index in [1.165, 1.54) is 35.0 Å². The molecule has 196 valence electrons. The van der Waals surface area contributed by atoms with Crippen LogP contribution in [-0.4, -0.2) is 52.5 Å². The molecule has 1 aromatic carbocycles. The molecule has 1 saturated carbocycles. The van der Waals surface area contributed by atoms with Crippen molar-refractivity contribution in [1.29, 1.82) is 0 Å². The first kappa shape index (κ1) is 26.5. The zero-order chi connectivity index (χ0) is 26.3. The largest absolute Gasteiger partial charge is 0.393 e. The topological polar surface area (TPSA) is 142 Å². The van der Waals surface area contributed by atoms with E-state index in [0.717, 1.165) is 16.2 Å². The molecule has 1 fully saturated rings. The summed E-state index contributed by atoms with van der Waals surface area (Å²) in [5, 5.41) is 14.4. The minimum Gasteiger partial charge on any atom is -0.393 e. The summed E-state index contributed by atoms with van der Waals surface area (Å²) in [6, 6.07) is 7.67. The van der Waals surface area contributed by atoms with Crippen LogP contribution in [0.4, 0.5) is 5.82 Å². The normalized spacial score (nSPS) is 23.2. The van der Waals surface area contributed by atoms with Crippen LogP contribution in [0.25, 0.3) is 0 Å². The first-order valence-corrected chi connectivity index (χ1v) is 15.3. The molecular weight excluding hydrogens is 556 g/mol. The number of nitrogens with zero attached hydrogens (tertiary/aromatic N) is 2. The number of hydrogen-bond acceptors (Lipinski definition) is 9. The highest BCUT2D eigenvalue weighted by Gasteiger charge is 2.35. The van der Waals surface area contributed by atoms with E-state index in [2.05, 4.69) is 21.4 Å². The molecular formula is C24H25ClN4O5S3. The smallest absolute Gasteiger partial charge is 0.333 e. The molecule has 0 amide bonds. The van der Waals surface area contributed by atoms with Gasteiger partial charge in [-0.3, -0.25) is 9.35 Å². The summed E-state index contributed by atoms with van der Waals surface area (Å²) in [5.41, 5.74) is 3.86. The molecule has 5 rings (SSSR count). The zero-order valence-corrected chi connectivity index (χ0v) is 22.9. The fraction of sp³-hybridized carbons (Fsp3) is 0.375. The Balaban J connectivity index is 1.34. The molecule has 0 saturated heterocycles. The van der Waals surface area contributed by atoms with Gasteiger partial charge >= 0.3 is 10.3 Å². The van der Waals surface area contributed by atoms with Gasteiger partial charge in [-0.25, -0.2) is 9.97 Å². The number of nitrogens with one attached hydrogen (secondary N) is 2. The lowest BCUT2D eigenvalue weighted by Gasteiger charge is -2.15. The van der Waals surface area contributed by atoms with Crippen molar-refractivity contribution < 1.29 is 22.9 Å². The molecule has 0 radical (unpaired) electrons. The maximum Gasteiger partial charge on any atom is 0.333 e. The van der Waals surface area contributed by atoms with Gasteiger partial charge in [-0.05, 0) is 54.7 Å². The van der Waals surface area contributed by atoms with E-state index in [9.17, 15) is 18.3 Å². The summed E-state index contributed by atoms with van der Waals surface area (Å²) < 4.78 is 32.9. The summed E-state index contributed by atoms with van der Waals surface area (Å²) in [6.45, 7) is 1.93. The minimum atomic E-state index is -4.34. The number of carbonyl (C=O) groups is 1. The van der Waals surface area contributed by atoms with Crippen LogP contribution in [-0.2, 0) is 16.1 Å². The van der Waals surface area contributed by atoms with Gasteiger partial charge in [0.2, 0.25) is 5.78 Å². The molecule has 2 aliphatic rings. The van der Waals surface area contributed by atoms with Crippen molar-refractivity contribution in [3.05, 3.63) is 73.8 Å². The quantitative estimate of drug-likeness (QED) is 0.230. The number of ketones is 1. The number of hydrogen-bond donors (Lipinski definition) is 4. The van der Waals surface area contributed by atoms with E-state index >= 15 is 0 Å². The van der Waals surface area contributed by atoms with Crippen LogP contribution in [0.3, 0.4) is 0 Å². The van der Waals surface area contributed by atoms with Gasteiger partial charge in [-0.1, -0.05) is 17.7 Å². The maximum absolute atomic E-state index is 13.6. The third-order valence-corrected chi connectivity index (χ3v) is 9.89. The van der Waals surface area contributed by atoms with Crippen LogP contribution in [0.5, 0.6) is 0 Å². The van der Waals surface area contributed by atoms with Crippen LogP contribution >= 0.6 is 34.7 Å². The molecule has 1 aliphatic heterocycles. The average Bonchev–Trinajstić information content (AvgIpc) is 3.53. The highest BCUT2D eigenvalue weighted by Crippen LogP contribution is 2.49. The van der Waals surface area contributed by atoms with Crippen molar-refractivity contribution in [2.45, 2.75) is 42.9 Å². The van der Waals surface area contributed by atoms with Gasteiger partial charge in [-0.15, -0.1) is 23.1 Å². The van der Waals surface area contributed by atoms with Crippen LogP contribution < -0.4 is 10.0 Å². The first-order valence-electron chi connectivity index (χ1n) is 11.6. The Bertz CT molecular complexity index is 1450. The van der Waals surface area contributed by atoms with Gasteiger partial charge in [-0.2, -0.15) is 13.1 Å². The van der Waals surface area contributed by atoms with Crippen molar-refractivity contribution in [3.63, 3.8) is 0 Å². The Labute approximate surface area is 228 Å². The molecule has 37 heavy (non-hydrogen) atoms. The number of thiophene rings is 1.